The second-order valence-corrected chi connectivity index (χ2v) is 10.5. The van der Waals surface area contributed by atoms with Crippen molar-refractivity contribution in [2.45, 2.75) is 44.2 Å². The van der Waals surface area contributed by atoms with E-state index in [1.807, 2.05) is 11.9 Å². The molecule has 1 saturated carbocycles. The van der Waals surface area contributed by atoms with Crippen molar-refractivity contribution >= 4 is 16.1 Å². The first-order valence-electron chi connectivity index (χ1n) is 10.4. The van der Waals surface area contributed by atoms with E-state index in [4.69, 9.17) is 0 Å². The first kappa shape index (κ1) is 19.6. The monoisotopic (exact) mass is 399 g/mol. The van der Waals surface area contributed by atoms with Gasteiger partial charge in [-0.2, -0.15) is 17.0 Å². The van der Waals surface area contributed by atoms with Gasteiger partial charge in [0.25, 0.3) is 10.2 Å². The Bertz CT molecular complexity index is 627. The predicted molar refractivity (Wildman–Crippen MR) is 103 cm³/mol. The molecule has 0 spiro atoms. The number of piperazine rings is 2. The fourth-order valence-electron chi connectivity index (χ4n) is 5.05. The lowest BCUT2D eigenvalue weighted by Gasteiger charge is -2.39. The SMILES string of the molecule is CN1CCN(S(=O)(=O)N2CCN(C(=O)C3CC4CCCCC4N3)CC2)CC1. The van der Waals surface area contributed by atoms with E-state index in [1.54, 1.807) is 8.61 Å². The van der Waals surface area contributed by atoms with Crippen LogP contribution < -0.4 is 5.32 Å². The summed E-state index contributed by atoms with van der Waals surface area (Å²) in [6.07, 6.45) is 5.91. The van der Waals surface area contributed by atoms with Gasteiger partial charge in [-0.05, 0) is 32.2 Å². The molecule has 3 heterocycles. The van der Waals surface area contributed by atoms with E-state index >= 15 is 0 Å². The summed E-state index contributed by atoms with van der Waals surface area (Å²) in [6.45, 7) is 4.44. The summed E-state index contributed by atoms with van der Waals surface area (Å²) in [5, 5.41) is 3.55. The lowest BCUT2D eigenvalue weighted by molar-refractivity contribution is -0.134. The number of amides is 1. The van der Waals surface area contributed by atoms with Gasteiger partial charge in [0.05, 0.1) is 6.04 Å². The zero-order valence-corrected chi connectivity index (χ0v) is 17.2. The molecule has 4 rings (SSSR count). The molecule has 0 aromatic heterocycles. The summed E-state index contributed by atoms with van der Waals surface area (Å²) in [5.74, 6) is 0.813. The van der Waals surface area contributed by atoms with E-state index in [-0.39, 0.29) is 11.9 Å². The van der Waals surface area contributed by atoms with Crippen LogP contribution in [0, 0.1) is 5.92 Å². The fourth-order valence-corrected chi connectivity index (χ4v) is 6.63. The summed E-state index contributed by atoms with van der Waals surface area (Å²) in [5.41, 5.74) is 0. The lowest BCUT2D eigenvalue weighted by Crippen LogP contribution is -2.58. The number of carbonyl (C=O) groups is 1. The van der Waals surface area contributed by atoms with Crippen molar-refractivity contribution in [2.75, 3.05) is 59.4 Å². The van der Waals surface area contributed by atoms with Gasteiger partial charge in [0.2, 0.25) is 5.91 Å². The van der Waals surface area contributed by atoms with Gasteiger partial charge in [0.1, 0.15) is 0 Å². The van der Waals surface area contributed by atoms with E-state index in [2.05, 4.69) is 10.2 Å². The number of fused-ring (bicyclic) bond motifs is 1. The Kier molecular flexibility index (Phi) is 5.76. The Morgan fingerprint density at radius 3 is 2.11 bits per heavy atom. The molecular formula is C18H33N5O3S. The van der Waals surface area contributed by atoms with E-state index < -0.39 is 10.2 Å². The van der Waals surface area contributed by atoms with Crippen molar-refractivity contribution in [1.82, 2.24) is 23.7 Å². The van der Waals surface area contributed by atoms with Gasteiger partial charge in [-0.15, -0.1) is 0 Å². The number of likely N-dealkylation sites (N-methyl/N-ethyl adjacent to an activating group) is 1. The molecule has 27 heavy (non-hydrogen) atoms. The molecule has 0 aromatic rings. The molecule has 0 radical (unpaired) electrons. The molecule has 0 aromatic carbocycles. The molecule has 4 aliphatic rings. The molecule has 1 amide bonds. The van der Waals surface area contributed by atoms with E-state index in [9.17, 15) is 13.2 Å². The molecule has 3 aliphatic heterocycles. The van der Waals surface area contributed by atoms with Crippen LogP contribution in [0.1, 0.15) is 32.1 Å². The average molecular weight is 400 g/mol. The summed E-state index contributed by atoms with van der Waals surface area (Å²) < 4.78 is 28.9. The number of carbonyl (C=O) groups excluding carboxylic acids is 1. The Hall–Kier alpha value is -0.740. The highest BCUT2D eigenvalue weighted by atomic mass is 32.2. The van der Waals surface area contributed by atoms with Crippen LogP contribution in [0.2, 0.25) is 0 Å². The van der Waals surface area contributed by atoms with Crippen LogP contribution in [-0.2, 0) is 15.0 Å². The number of nitrogens with zero attached hydrogens (tertiary/aromatic N) is 4. The molecule has 3 unspecified atom stereocenters. The minimum absolute atomic E-state index is 0.0705. The van der Waals surface area contributed by atoms with Crippen molar-refractivity contribution in [3.8, 4) is 0 Å². The third-order valence-electron chi connectivity index (χ3n) is 6.83. The van der Waals surface area contributed by atoms with Crippen molar-refractivity contribution in [2.24, 2.45) is 5.92 Å². The van der Waals surface area contributed by atoms with E-state index in [0.29, 0.717) is 51.2 Å². The maximum atomic E-state index is 12.9. The van der Waals surface area contributed by atoms with Gasteiger partial charge in [0.15, 0.2) is 0 Å². The van der Waals surface area contributed by atoms with Crippen LogP contribution >= 0.6 is 0 Å². The topological polar surface area (TPSA) is 76.2 Å². The third-order valence-corrected chi connectivity index (χ3v) is 8.86. The molecule has 0 bridgehead atoms. The van der Waals surface area contributed by atoms with Crippen molar-refractivity contribution in [1.29, 1.82) is 0 Å². The normalized spacial score (nSPS) is 34.6. The Morgan fingerprint density at radius 2 is 1.48 bits per heavy atom. The van der Waals surface area contributed by atoms with Gasteiger partial charge >= 0.3 is 0 Å². The Morgan fingerprint density at radius 1 is 0.889 bits per heavy atom. The smallest absolute Gasteiger partial charge is 0.282 e. The molecule has 154 valence electrons. The summed E-state index contributed by atoms with van der Waals surface area (Å²) >= 11 is 0. The lowest BCUT2D eigenvalue weighted by atomic mass is 9.85. The minimum atomic E-state index is -3.41. The van der Waals surface area contributed by atoms with Gasteiger partial charge < -0.3 is 15.1 Å². The number of rotatable bonds is 3. The fraction of sp³-hybridized carbons (Fsp3) is 0.944. The van der Waals surface area contributed by atoms with Gasteiger partial charge in [-0.25, -0.2) is 0 Å². The standard InChI is InChI=1S/C18H33N5O3S/c1-20-6-10-22(11-7-20)27(25,26)23-12-8-21(9-13-23)18(24)17-14-15-4-2-3-5-16(15)19-17/h15-17,19H,2-14H2,1H3. The Labute approximate surface area is 163 Å². The highest BCUT2D eigenvalue weighted by Gasteiger charge is 2.41. The highest BCUT2D eigenvalue weighted by Crippen LogP contribution is 2.33. The van der Waals surface area contributed by atoms with Crippen LogP contribution in [-0.4, -0.2) is 104 Å². The minimum Gasteiger partial charge on any atom is -0.339 e. The zero-order valence-electron chi connectivity index (χ0n) is 16.3. The summed E-state index contributed by atoms with van der Waals surface area (Å²) in [6, 6.07) is 0.436. The maximum absolute atomic E-state index is 12.9. The van der Waals surface area contributed by atoms with Crippen LogP contribution in [0.4, 0.5) is 0 Å². The molecule has 1 aliphatic carbocycles. The molecule has 8 nitrogen and oxygen atoms in total. The Balaban J connectivity index is 1.30. The predicted octanol–water partition coefficient (Wildman–Crippen LogP) is -0.456. The van der Waals surface area contributed by atoms with Crippen LogP contribution in [0.5, 0.6) is 0 Å². The second kappa shape index (κ2) is 7.94. The molecule has 3 atom stereocenters. The van der Waals surface area contributed by atoms with Gasteiger partial charge in [-0.3, -0.25) is 4.79 Å². The van der Waals surface area contributed by atoms with Crippen molar-refractivity contribution < 1.29 is 13.2 Å². The first-order chi connectivity index (χ1) is 12.9. The van der Waals surface area contributed by atoms with Crippen LogP contribution in [0.15, 0.2) is 0 Å². The molecule has 3 saturated heterocycles. The molecular weight excluding hydrogens is 366 g/mol. The number of hydrogen-bond donors (Lipinski definition) is 1. The van der Waals surface area contributed by atoms with Gasteiger partial charge in [0, 0.05) is 58.4 Å². The number of nitrogens with one attached hydrogen (secondary N) is 1. The largest absolute Gasteiger partial charge is 0.339 e. The summed E-state index contributed by atoms with van der Waals surface area (Å²) in [4.78, 5) is 16.9. The number of hydrogen-bond acceptors (Lipinski definition) is 5. The third kappa shape index (κ3) is 4.03. The van der Waals surface area contributed by atoms with Crippen molar-refractivity contribution in [3.63, 3.8) is 0 Å². The molecule has 4 fully saturated rings. The quantitative estimate of drug-likeness (QED) is 0.695. The van der Waals surface area contributed by atoms with E-state index in [0.717, 1.165) is 19.5 Å². The van der Waals surface area contributed by atoms with Crippen LogP contribution in [0.3, 0.4) is 0 Å². The zero-order chi connectivity index (χ0) is 19.0. The molecule has 9 heteroatoms. The summed E-state index contributed by atoms with van der Waals surface area (Å²) in [7, 11) is -1.39. The van der Waals surface area contributed by atoms with Gasteiger partial charge in [-0.1, -0.05) is 12.8 Å². The first-order valence-corrected chi connectivity index (χ1v) is 11.8. The maximum Gasteiger partial charge on any atom is 0.282 e. The second-order valence-electron chi connectivity index (χ2n) is 8.54. The van der Waals surface area contributed by atoms with E-state index in [1.165, 1.54) is 25.7 Å². The average Bonchev–Trinajstić information content (AvgIpc) is 3.12. The highest BCUT2D eigenvalue weighted by molar-refractivity contribution is 7.86. The van der Waals surface area contributed by atoms with Crippen molar-refractivity contribution in [3.05, 3.63) is 0 Å². The molecule has 1 N–H and O–H groups in total. The van der Waals surface area contributed by atoms with Crippen LogP contribution in [0.25, 0.3) is 0 Å².